The van der Waals surface area contributed by atoms with Crippen molar-refractivity contribution in [2.75, 3.05) is 20.2 Å². The Bertz CT molecular complexity index is 284. The van der Waals surface area contributed by atoms with E-state index in [0.29, 0.717) is 5.92 Å². The molecule has 0 aliphatic carbocycles. The van der Waals surface area contributed by atoms with Gasteiger partial charge in [0.2, 0.25) is 0 Å². The van der Waals surface area contributed by atoms with Crippen LogP contribution in [-0.4, -0.2) is 20.2 Å². The van der Waals surface area contributed by atoms with Crippen LogP contribution in [0.2, 0.25) is 0 Å². The molecule has 0 spiro atoms. The Kier molecular flexibility index (Phi) is 3.75. The Balaban J connectivity index is 2.11. The van der Waals surface area contributed by atoms with E-state index in [1.807, 2.05) is 7.05 Å². The van der Waals surface area contributed by atoms with Gasteiger partial charge in [-0.05, 0) is 25.5 Å². The Morgan fingerprint density at radius 3 is 2.87 bits per heavy atom. The topological polar surface area (TPSA) is 21.3 Å². The molecule has 2 heteroatoms. The van der Waals surface area contributed by atoms with Gasteiger partial charge in [-0.25, -0.2) is 0 Å². The zero-order valence-electron chi connectivity index (χ0n) is 9.28. The van der Waals surface area contributed by atoms with E-state index in [-0.39, 0.29) is 6.10 Å². The van der Waals surface area contributed by atoms with Crippen molar-refractivity contribution in [3.05, 3.63) is 35.9 Å². The van der Waals surface area contributed by atoms with Gasteiger partial charge in [0.15, 0.2) is 0 Å². The van der Waals surface area contributed by atoms with Gasteiger partial charge in [0.25, 0.3) is 0 Å². The molecule has 0 aromatic heterocycles. The highest BCUT2D eigenvalue weighted by molar-refractivity contribution is 5.18. The molecule has 1 aliphatic rings. The first-order valence-corrected chi connectivity index (χ1v) is 5.73. The summed E-state index contributed by atoms with van der Waals surface area (Å²) in [4.78, 5) is 0. The van der Waals surface area contributed by atoms with E-state index >= 15 is 0 Å². The van der Waals surface area contributed by atoms with Gasteiger partial charge in [0.05, 0.1) is 6.10 Å². The summed E-state index contributed by atoms with van der Waals surface area (Å²) in [7, 11) is 2.01. The van der Waals surface area contributed by atoms with E-state index in [0.717, 1.165) is 13.2 Å². The minimum absolute atomic E-state index is 0.285. The fraction of sp³-hybridized carbons (Fsp3) is 0.538. The van der Waals surface area contributed by atoms with Crippen molar-refractivity contribution >= 4 is 0 Å². The average Bonchev–Trinajstić information content (AvgIpc) is 2.31. The molecule has 0 bridgehead atoms. The molecule has 1 saturated heterocycles. The lowest BCUT2D eigenvalue weighted by Crippen LogP contribution is -2.30. The van der Waals surface area contributed by atoms with Gasteiger partial charge < -0.3 is 10.1 Å². The van der Waals surface area contributed by atoms with Crippen molar-refractivity contribution in [1.29, 1.82) is 0 Å². The minimum Gasteiger partial charge on any atom is -0.373 e. The zero-order valence-corrected chi connectivity index (χ0v) is 9.28. The van der Waals surface area contributed by atoms with E-state index in [1.165, 1.54) is 18.4 Å². The van der Waals surface area contributed by atoms with E-state index < -0.39 is 0 Å². The standard InChI is InChI=1S/C13H19NO/c1-14-10-12-8-5-9-15-13(12)11-6-3-2-4-7-11/h2-4,6-7,12-14H,5,8-10H2,1H3. The number of rotatable bonds is 3. The third-order valence-electron chi connectivity index (χ3n) is 3.04. The number of nitrogens with one attached hydrogen (secondary N) is 1. The second kappa shape index (κ2) is 5.29. The fourth-order valence-corrected chi connectivity index (χ4v) is 2.33. The number of ether oxygens (including phenoxy) is 1. The van der Waals surface area contributed by atoms with E-state index in [4.69, 9.17) is 4.74 Å². The first-order valence-electron chi connectivity index (χ1n) is 5.73. The number of hydrogen-bond acceptors (Lipinski definition) is 2. The van der Waals surface area contributed by atoms with Crippen molar-refractivity contribution in [2.24, 2.45) is 5.92 Å². The molecule has 1 fully saturated rings. The molecule has 0 amide bonds. The molecule has 2 rings (SSSR count). The predicted molar refractivity (Wildman–Crippen MR) is 61.8 cm³/mol. The summed E-state index contributed by atoms with van der Waals surface area (Å²) in [5.41, 5.74) is 1.32. The van der Waals surface area contributed by atoms with Crippen LogP contribution in [0.25, 0.3) is 0 Å². The first kappa shape index (κ1) is 10.7. The summed E-state index contributed by atoms with van der Waals surface area (Å²) in [6.45, 7) is 1.94. The van der Waals surface area contributed by atoms with Crippen LogP contribution in [0.1, 0.15) is 24.5 Å². The minimum atomic E-state index is 0.285. The lowest BCUT2D eigenvalue weighted by molar-refractivity contribution is -0.0272. The first-order chi connectivity index (χ1) is 7.42. The molecular weight excluding hydrogens is 186 g/mol. The predicted octanol–water partition coefficient (Wildman–Crippen LogP) is 2.37. The summed E-state index contributed by atoms with van der Waals surface area (Å²) >= 11 is 0. The van der Waals surface area contributed by atoms with Crippen molar-refractivity contribution in [1.82, 2.24) is 5.32 Å². The van der Waals surface area contributed by atoms with E-state index in [1.54, 1.807) is 0 Å². The van der Waals surface area contributed by atoms with Crippen molar-refractivity contribution in [3.63, 3.8) is 0 Å². The van der Waals surface area contributed by atoms with Crippen molar-refractivity contribution < 1.29 is 4.74 Å². The van der Waals surface area contributed by atoms with E-state index in [2.05, 4.69) is 35.6 Å². The maximum atomic E-state index is 5.89. The largest absolute Gasteiger partial charge is 0.373 e. The third-order valence-corrected chi connectivity index (χ3v) is 3.04. The van der Waals surface area contributed by atoms with Gasteiger partial charge in [-0.2, -0.15) is 0 Å². The zero-order chi connectivity index (χ0) is 10.5. The molecule has 2 unspecified atom stereocenters. The fourth-order valence-electron chi connectivity index (χ4n) is 2.33. The summed E-state index contributed by atoms with van der Waals surface area (Å²) in [6.07, 6.45) is 2.74. The Hall–Kier alpha value is -0.860. The molecule has 1 heterocycles. The van der Waals surface area contributed by atoms with Crippen LogP contribution in [0.3, 0.4) is 0 Å². The molecule has 1 N–H and O–H groups in total. The van der Waals surface area contributed by atoms with Crippen molar-refractivity contribution in [3.8, 4) is 0 Å². The molecule has 1 aromatic rings. The van der Waals surface area contributed by atoms with Crippen LogP contribution >= 0.6 is 0 Å². The molecule has 2 atom stereocenters. The summed E-state index contributed by atoms with van der Waals surface area (Å²) in [5, 5.41) is 3.26. The Morgan fingerprint density at radius 2 is 2.13 bits per heavy atom. The van der Waals surface area contributed by atoms with Crippen LogP contribution < -0.4 is 5.32 Å². The SMILES string of the molecule is CNCC1CCCOC1c1ccccc1. The quantitative estimate of drug-likeness (QED) is 0.818. The van der Waals surface area contributed by atoms with Crippen LogP contribution in [0.15, 0.2) is 30.3 Å². The maximum absolute atomic E-state index is 5.89. The number of hydrogen-bond donors (Lipinski definition) is 1. The van der Waals surface area contributed by atoms with E-state index in [9.17, 15) is 0 Å². The molecule has 2 nitrogen and oxygen atoms in total. The monoisotopic (exact) mass is 205 g/mol. The Labute approximate surface area is 91.6 Å². The van der Waals surface area contributed by atoms with Gasteiger partial charge in [-0.3, -0.25) is 0 Å². The lowest BCUT2D eigenvalue weighted by atomic mass is 9.89. The molecule has 15 heavy (non-hydrogen) atoms. The van der Waals surface area contributed by atoms with Crippen LogP contribution in [-0.2, 0) is 4.74 Å². The van der Waals surface area contributed by atoms with Gasteiger partial charge >= 0.3 is 0 Å². The molecule has 0 saturated carbocycles. The van der Waals surface area contributed by atoms with Crippen LogP contribution in [0.4, 0.5) is 0 Å². The highest BCUT2D eigenvalue weighted by Crippen LogP contribution is 2.32. The van der Waals surface area contributed by atoms with Gasteiger partial charge in [-0.1, -0.05) is 30.3 Å². The molecule has 82 valence electrons. The smallest absolute Gasteiger partial charge is 0.0865 e. The highest BCUT2D eigenvalue weighted by Gasteiger charge is 2.26. The average molecular weight is 205 g/mol. The summed E-state index contributed by atoms with van der Waals surface area (Å²) < 4.78 is 5.89. The van der Waals surface area contributed by atoms with Gasteiger partial charge in [0, 0.05) is 19.1 Å². The number of benzene rings is 1. The van der Waals surface area contributed by atoms with Gasteiger partial charge in [0.1, 0.15) is 0 Å². The highest BCUT2D eigenvalue weighted by atomic mass is 16.5. The second-order valence-corrected chi connectivity index (χ2v) is 4.16. The third kappa shape index (κ3) is 2.58. The second-order valence-electron chi connectivity index (χ2n) is 4.16. The molecule has 1 aromatic carbocycles. The van der Waals surface area contributed by atoms with Crippen LogP contribution in [0.5, 0.6) is 0 Å². The Morgan fingerprint density at radius 1 is 1.33 bits per heavy atom. The van der Waals surface area contributed by atoms with Crippen LogP contribution in [0, 0.1) is 5.92 Å². The maximum Gasteiger partial charge on any atom is 0.0865 e. The van der Waals surface area contributed by atoms with Gasteiger partial charge in [-0.15, -0.1) is 0 Å². The molecule has 1 aliphatic heterocycles. The summed E-state index contributed by atoms with van der Waals surface area (Å²) in [6, 6.07) is 10.6. The summed E-state index contributed by atoms with van der Waals surface area (Å²) in [5.74, 6) is 0.617. The van der Waals surface area contributed by atoms with Crippen molar-refractivity contribution in [2.45, 2.75) is 18.9 Å². The molecular formula is C13H19NO. The lowest BCUT2D eigenvalue weighted by Gasteiger charge is -2.32. The molecule has 0 radical (unpaired) electrons. The normalized spacial score (nSPS) is 26.5.